The molecule has 0 radical (unpaired) electrons. The summed E-state index contributed by atoms with van der Waals surface area (Å²) in [4.78, 5) is 54.2. The fraction of sp³-hybridized carbons (Fsp3) is 0.824. The third-order valence-corrected chi connectivity index (χ3v) is 10.6. The van der Waals surface area contributed by atoms with E-state index in [0.717, 1.165) is 51.4 Å². The minimum absolute atomic E-state index is 0.202. The number of hydrogen-bond donors (Lipinski definition) is 4. The number of hydrogen-bond acceptors (Lipinski definition) is 6. The first kappa shape index (κ1) is 35.9. The molecule has 2 aliphatic carbocycles. The van der Waals surface area contributed by atoms with Gasteiger partial charge in [0.2, 0.25) is 11.7 Å². The molecule has 250 valence electrons. The van der Waals surface area contributed by atoms with E-state index in [1.165, 1.54) is 0 Å². The number of likely N-dealkylation sites (tertiary alicyclic amines) is 1. The van der Waals surface area contributed by atoms with Crippen LogP contribution in [-0.2, 0) is 19.1 Å². The number of methoxy groups -OCH3 is 1. The van der Waals surface area contributed by atoms with Gasteiger partial charge in [0.25, 0.3) is 5.91 Å². The molecule has 3 rings (SSSR count). The standard InChI is InChI=1S/C34H59N5O5/c1-21(2)24-18-26(31(42)36-25(28(40)30(35)41)17-23-13-12-14-23)39(19-24)22(3)29(34(7)15-10-9-11-16-34)38-32(43)37-27(20-44-8)33(4,5)6/h21,23-27,29H,3,9-20H2,1-2,4-8H3,(H2,35,41)(H,36,42)(H2,37,38,43)/t24-,25?,26?,27-,29-/m1/s1. The van der Waals surface area contributed by atoms with Gasteiger partial charge in [0.15, 0.2) is 0 Å². The van der Waals surface area contributed by atoms with Crippen molar-refractivity contribution in [3.05, 3.63) is 12.3 Å². The molecule has 5 N–H and O–H groups in total. The van der Waals surface area contributed by atoms with Crippen molar-refractivity contribution in [2.45, 2.75) is 130 Å². The molecule has 0 aromatic carbocycles. The summed E-state index contributed by atoms with van der Waals surface area (Å²) < 4.78 is 5.41. The Morgan fingerprint density at radius 1 is 1.02 bits per heavy atom. The maximum Gasteiger partial charge on any atom is 0.315 e. The molecule has 3 aliphatic rings. The first-order valence-corrected chi connectivity index (χ1v) is 16.7. The highest BCUT2D eigenvalue weighted by Crippen LogP contribution is 2.43. The smallest absolute Gasteiger partial charge is 0.315 e. The summed E-state index contributed by atoms with van der Waals surface area (Å²) in [6.07, 6.45) is 9.23. The molecule has 1 saturated heterocycles. The Bertz CT molecular complexity index is 1040. The van der Waals surface area contributed by atoms with Crippen molar-refractivity contribution in [1.29, 1.82) is 0 Å². The molecule has 0 spiro atoms. The molecule has 10 heteroatoms. The summed E-state index contributed by atoms with van der Waals surface area (Å²) in [5.74, 6) is -1.22. The van der Waals surface area contributed by atoms with Gasteiger partial charge in [-0.2, -0.15) is 0 Å². The van der Waals surface area contributed by atoms with E-state index in [0.29, 0.717) is 43.5 Å². The number of primary amides is 1. The molecular weight excluding hydrogens is 558 g/mol. The predicted octanol–water partition coefficient (Wildman–Crippen LogP) is 4.28. The van der Waals surface area contributed by atoms with Crippen molar-refractivity contribution in [2.75, 3.05) is 20.3 Å². The lowest BCUT2D eigenvalue weighted by Crippen LogP contribution is -2.59. The normalized spacial score (nSPS) is 24.1. The van der Waals surface area contributed by atoms with Crippen LogP contribution >= 0.6 is 0 Å². The first-order valence-electron chi connectivity index (χ1n) is 16.7. The van der Waals surface area contributed by atoms with E-state index in [-0.39, 0.29) is 34.7 Å². The third-order valence-electron chi connectivity index (χ3n) is 10.6. The zero-order valence-electron chi connectivity index (χ0n) is 28.3. The number of urea groups is 1. The maximum absolute atomic E-state index is 14.0. The number of rotatable bonds is 14. The summed E-state index contributed by atoms with van der Waals surface area (Å²) in [5, 5.41) is 9.35. The number of nitrogens with one attached hydrogen (secondary N) is 3. The highest BCUT2D eigenvalue weighted by molar-refractivity contribution is 6.37. The van der Waals surface area contributed by atoms with E-state index in [1.54, 1.807) is 7.11 Å². The number of ketones is 1. The quantitative estimate of drug-likeness (QED) is 0.214. The van der Waals surface area contributed by atoms with Gasteiger partial charge in [0.05, 0.1) is 24.7 Å². The Hall–Kier alpha value is -2.62. The van der Waals surface area contributed by atoms with Gasteiger partial charge in [-0.3, -0.25) is 14.4 Å². The van der Waals surface area contributed by atoms with E-state index < -0.39 is 29.8 Å². The molecule has 3 fully saturated rings. The van der Waals surface area contributed by atoms with Crippen LogP contribution in [0, 0.1) is 28.6 Å². The number of ether oxygens (including phenoxy) is 1. The lowest BCUT2D eigenvalue weighted by atomic mass is 9.69. The topological polar surface area (TPSA) is 143 Å². The van der Waals surface area contributed by atoms with Crippen LogP contribution in [0.3, 0.4) is 0 Å². The van der Waals surface area contributed by atoms with Gasteiger partial charge in [-0.05, 0) is 54.3 Å². The van der Waals surface area contributed by atoms with Crippen LogP contribution in [0.2, 0.25) is 0 Å². The van der Waals surface area contributed by atoms with Crippen molar-refractivity contribution >= 4 is 23.6 Å². The zero-order chi connectivity index (χ0) is 32.8. The van der Waals surface area contributed by atoms with Crippen LogP contribution in [0.15, 0.2) is 12.3 Å². The summed E-state index contributed by atoms with van der Waals surface area (Å²) in [6.45, 7) is 18.3. The second-order valence-corrected chi connectivity index (χ2v) is 15.4. The molecule has 44 heavy (non-hydrogen) atoms. The minimum Gasteiger partial charge on any atom is -0.383 e. The van der Waals surface area contributed by atoms with Crippen LogP contribution in [0.25, 0.3) is 0 Å². The average molecular weight is 618 g/mol. The molecule has 0 aromatic heterocycles. The highest BCUT2D eigenvalue weighted by Gasteiger charge is 2.46. The molecule has 0 aromatic rings. The van der Waals surface area contributed by atoms with Crippen LogP contribution < -0.4 is 21.7 Å². The Labute approximate surface area is 265 Å². The Kier molecular flexibility index (Phi) is 12.3. The fourth-order valence-electron chi connectivity index (χ4n) is 7.13. The third kappa shape index (κ3) is 8.98. The first-order chi connectivity index (χ1) is 20.6. The SMILES string of the molecule is C=C([C@@H](NC(=O)N[C@H](COC)C(C)(C)C)C1(C)CCCCC1)N1C[C@H](C(C)C)CC1C(=O)NC(CC1CCC1)C(=O)C(N)=O. The van der Waals surface area contributed by atoms with Gasteiger partial charge in [0.1, 0.15) is 6.04 Å². The van der Waals surface area contributed by atoms with Crippen LogP contribution in [0.5, 0.6) is 0 Å². The molecule has 0 bridgehead atoms. The lowest BCUT2D eigenvalue weighted by molar-refractivity contribution is -0.139. The average Bonchev–Trinajstić information content (AvgIpc) is 3.38. The van der Waals surface area contributed by atoms with E-state index in [9.17, 15) is 19.2 Å². The van der Waals surface area contributed by atoms with Gasteiger partial charge >= 0.3 is 6.03 Å². The Balaban J connectivity index is 1.89. The second-order valence-electron chi connectivity index (χ2n) is 15.4. The van der Waals surface area contributed by atoms with Gasteiger partial charge in [-0.25, -0.2) is 4.79 Å². The van der Waals surface area contributed by atoms with Crippen molar-refractivity contribution < 1.29 is 23.9 Å². The molecule has 10 nitrogen and oxygen atoms in total. The van der Waals surface area contributed by atoms with Gasteiger partial charge in [-0.1, -0.05) is 86.6 Å². The second kappa shape index (κ2) is 15.1. The van der Waals surface area contributed by atoms with Crippen molar-refractivity contribution in [2.24, 2.45) is 34.3 Å². The Morgan fingerprint density at radius 2 is 1.66 bits per heavy atom. The van der Waals surface area contributed by atoms with Crippen molar-refractivity contribution in [3.63, 3.8) is 0 Å². The zero-order valence-corrected chi connectivity index (χ0v) is 28.3. The van der Waals surface area contributed by atoms with E-state index in [1.807, 2.05) is 0 Å². The van der Waals surface area contributed by atoms with Gasteiger partial charge < -0.3 is 31.3 Å². The number of carbonyl (C=O) groups is 4. The molecule has 5 atom stereocenters. The molecule has 2 unspecified atom stereocenters. The lowest BCUT2D eigenvalue weighted by Gasteiger charge is -2.45. The molecule has 1 heterocycles. The van der Waals surface area contributed by atoms with Crippen molar-refractivity contribution in [1.82, 2.24) is 20.9 Å². The fourth-order valence-corrected chi connectivity index (χ4v) is 7.13. The number of nitrogens with two attached hydrogens (primary N) is 1. The van der Waals surface area contributed by atoms with E-state index in [4.69, 9.17) is 10.5 Å². The van der Waals surface area contributed by atoms with E-state index in [2.05, 4.69) is 69.0 Å². The van der Waals surface area contributed by atoms with Crippen LogP contribution in [-0.4, -0.2) is 73.0 Å². The number of Topliss-reactive ketones (excluding diaryl/α,β-unsaturated/α-hetero) is 1. The minimum atomic E-state index is -1.02. The van der Waals surface area contributed by atoms with E-state index >= 15 is 0 Å². The van der Waals surface area contributed by atoms with Crippen LogP contribution in [0.1, 0.15) is 106 Å². The summed E-state index contributed by atoms with van der Waals surface area (Å²) >= 11 is 0. The van der Waals surface area contributed by atoms with Crippen LogP contribution in [0.4, 0.5) is 4.79 Å². The highest BCUT2D eigenvalue weighted by atomic mass is 16.5. The number of amides is 4. The number of nitrogens with zero attached hydrogens (tertiary/aromatic N) is 1. The molecule has 2 saturated carbocycles. The summed E-state index contributed by atoms with van der Waals surface area (Å²) in [6, 6.07) is -2.39. The molecular formula is C34H59N5O5. The maximum atomic E-state index is 14.0. The largest absolute Gasteiger partial charge is 0.383 e. The monoisotopic (exact) mass is 617 g/mol. The predicted molar refractivity (Wildman–Crippen MR) is 172 cm³/mol. The number of carbonyl (C=O) groups excluding carboxylic acids is 4. The Morgan fingerprint density at radius 3 is 2.16 bits per heavy atom. The van der Waals surface area contributed by atoms with Crippen molar-refractivity contribution in [3.8, 4) is 0 Å². The molecule has 1 aliphatic heterocycles. The van der Waals surface area contributed by atoms with Gasteiger partial charge in [0, 0.05) is 19.4 Å². The summed E-state index contributed by atoms with van der Waals surface area (Å²) in [7, 11) is 1.63. The molecule has 4 amide bonds. The van der Waals surface area contributed by atoms with Gasteiger partial charge in [-0.15, -0.1) is 0 Å². The summed E-state index contributed by atoms with van der Waals surface area (Å²) in [5.41, 5.74) is 5.64.